The maximum atomic E-state index is 8.92. The van der Waals surface area contributed by atoms with Crippen LogP contribution in [0.25, 0.3) is 0 Å². The summed E-state index contributed by atoms with van der Waals surface area (Å²) in [6.45, 7) is 5.35. The van der Waals surface area contributed by atoms with Gasteiger partial charge >= 0.3 is 0 Å². The van der Waals surface area contributed by atoms with E-state index in [0.29, 0.717) is 5.84 Å². The topological polar surface area (TPSA) is 63.2 Å². The van der Waals surface area contributed by atoms with Crippen LogP contribution in [-0.2, 0) is 0 Å². The van der Waals surface area contributed by atoms with E-state index in [1.54, 1.807) is 6.19 Å². The van der Waals surface area contributed by atoms with Gasteiger partial charge in [-0.25, -0.2) is 0 Å². The fraction of sp³-hybridized carbons (Fsp3) is 0.545. The van der Waals surface area contributed by atoms with Crippen molar-refractivity contribution in [3.63, 3.8) is 0 Å². The van der Waals surface area contributed by atoms with E-state index in [9.17, 15) is 0 Å². The predicted molar refractivity (Wildman–Crippen MR) is 57.8 cm³/mol. The molecule has 0 amide bonds. The fourth-order valence-electron chi connectivity index (χ4n) is 1.73. The third-order valence-electron chi connectivity index (χ3n) is 2.50. The first-order chi connectivity index (χ1) is 7.33. The molecule has 1 aliphatic heterocycles. The van der Waals surface area contributed by atoms with Gasteiger partial charge in [-0.15, -0.1) is 6.58 Å². The molecule has 78 valence electrons. The highest BCUT2D eigenvalue weighted by Gasteiger charge is 2.21. The van der Waals surface area contributed by atoms with Crippen LogP contribution in [0.1, 0.15) is 19.3 Å². The maximum absolute atomic E-state index is 8.92. The van der Waals surface area contributed by atoms with Crippen LogP contribution in [0.15, 0.2) is 17.6 Å². The second-order valence-corrected chi connectivity index (χ2v) is 3.46. The van der Waals surface area contributed by atoms with Crippen molar-refractivity contribution in [2.75, 3.05) is 13.1 Å². The Kier molecular flexibility index (Phi) is 4.37. The Morgan fingerprint density at radius 1 is 1.33 bits per heavy atom. The molecule has 4 heteroatoms. The zero-order chi connectivity index (χ0) is 11.1. The van der Waals surface area contributed by atoms with E-state index >= 15 is 0 Å². The van der Waals surface area contributed by atoms with Gasteiger partial charge in [0.1, 0.15) is 11.8 Å². The van der Waals surface area contributed by atoms with Crippen molar-refractivity contribution in [1.82, 2.24) is 4.90 Å². The molecule has 0 aromatic carbocycles. The maximum Gasteiger partial charge on any atom is 0.207 e. The molecule has 0 radical (unpaired) electrons. The van der Waals surface area contributed by atoms with Crippen molar-refractivity contribution in [3.05, 3.63) is 12.7 Å². The zero-order valence-corrected chi connectivity index (χ0v) is 8.69. The lowest BCUT2D eigenvalue weighted by atomic mass is 10.1. The van der Waals surface area contributed by atoms with Gasteiger partial charge in [0.2, 0.25) is 6.19 Å². The molecular formula is C11H14N4. The van der Waals surface area contributed by atoms with Gasteiger partial charge in [-0.05, 0) is 19.3 Å². The number of rotatable bonds is 2. The lowest BCUT2D eigenvalue weighted by molar-refractivity contribution is 0.335. The van der Waals surface area contributed by atoms with E-state index in [-0.39, 0.29) is 0 Å². The highest BCUT2D eigenvalue weighted by molar-refractivity contribution is 5.89. The lowest BCUT2D eigenvalue weighted by Crippen LogP contribution is -2.39. The van der Waals surface area contributed by atoms with Crippen molar-refractivity contribution in [1.29, 1.82) is 10.5 Å². The van der Waals surface area contributed by atoms with E-state index in [0.717, 1.165) is 25.9 Å². The molecule has 1 atom stereocenters. The van der Waals surface area contributed by atoms with Crippen LogP contribution in [0, 0.1) is 28.7 Å². The molecule has 0 saturated carbocycles. The molecule has 1 aliphatic rings. The number of hydrogen-bond donors (Lipinski definition) is 0. The van der Waals surface area contributed by atoms with E-state index in [2.05, 4.69) is 17.6 Å². The number of aliphatic imine (C=N–C) groups is 1. The largest absolute Gasteiger partial charge is 0.358 e. The van der Waals surface area contributed by atoms with Crippen molar-refractivity contribution in [2.45, 2.75) is 19.3 Å². The first-order valence-electron chi connectivity index (χ1n) is 5.07. The Morgan fingerprint density at radius 2 is 2.00 bits per heavy atom. The molecule has 15 heavy (non-hydrogen) atoms. The quantitative estimate of drug-likeness (QED) is 0.296. The van der Waals surface area contributed by atoms with Gasteiger partial charge in [0.25, 0.3) is 0 Å². The van der Waals surface area contributed by atoms with Gasteiger partial charge in [0, 0.05) is 13.1 Å². The second-order valence-electron chi connectivity index (χ2n) is 3.46. The van der Waals surface area contributed by atoms with Gasteiger partial charge in [-0.2, -0.15) is 15.5 Å². The summed E-state index contributed by atoms with van der Waals surface area (Å²) in [6.07, 6.45) is 6.70. The molecule has 1 fully saturated rings. The first kappa shape index (κ1) is 11.3. The number of piperidine rings is 1. The summed E-state index contributed by atoms with van der Waals surface area (Å²) in [4.78, 5) is 5.76. The van der Waals surface area contributed by atoms with E-state index in [1.807, 2.05) is 4.90 Å². The smallest absolute Gasteiger partial charge is 0.207 e. The zero-order valence-electron chi connectivity index (χ0n) is 8.69. The molecule has 1 rings (SSSR count). The average Bonchev–Trinajstić information content (AvgIpc) is 2.30. The van der Waals surface area contributed by atoms with Crippen LogP contribution >= 0.6 is 0 Å². The minimum atomic E-state index is -0.470. The predicted octanol–water partition coefficient (Wildman–Crippen LogP) is 1.68. The monoisotopic (exact) mass is 202 g/mol. The molecule has 0 aromatic heterocycles. The van der Waals surface area contributed by atoms with Crippen molar-refractivity contribution < 1.29 is 0 Å². The number of likely N-dealkylation sites (tertiary alicyclic amines) is 1. The minimum Gasteiger partial charge on any atom is -0.358 e. The molecule has 1 heterocycles. The molecule has 1 unspecified atom stereocenters. The fourth-order valence-corrected chi connectivity index (χ4v) is 1.73. The summed E-state index contributed by atoms with van der Waals surface area (Å²) < 4.78 is 0. The van der Waals surface area contributed by atoms with E-state index < -0.39 is 5.92 Å². The molecule has 4 nitrogen and oxygen atoms in total. The van der Waals surface area contributed by atoms with Crippen LogP contribution in [-0.4, -0.2) is 23.8 Å². The van der Waals surface area contributed by atoms with E-state index in [4.69, 9.17) is 10.5 Å². The summed E-state index contributed by atoms with van der Waals surface area (Å²) in [5.41, 5.74) is 0. The normalized spacial score (nSPS) is 18.8. The standard InChI is InChI=1S/C11H14N4/c1-2-10(8-12)11(14-9-13)15-6-4-3-5-7-15/h2,10H,1,3-7H2/b14-11-. The Labute approximate surface area is 90.1 Å². The SMILES string of the molecule is C=CC(C#N)/C(=N/C#N)N1CCCCC1. The molecular weight excluding hydrogens is 188 g/mol. The van der Waals surface area contributed by atoms with Crippen molar-refractivity contribution >= 4 is 5.84 Å². The molecule has 0 spiro atoms. The summed E-state index contributed by atoms with van der Waals surface area (Å²) in [5.74, 6) is 0.0810. The second kappa shape index (κ2) is 5.82. The molecule has 0 aliphatic carbocycles. The van der Waals surface area contributed by atoms with Gasteiger partial charge in [0.05, 0.1) is 6.07 Å². The van der Waals surface area contributed by atoms with Crippen LogP contribution in [0.3, 0.4) is 0 Å². The highest BCUT2D eigenvalue weighted by Crippen LogP contribution is 2.14. The van der Waals surface area contributed by atoms with Crippen molar-refractivity contribution in [3.8, 4) is 12.3 Å². The number of amidine groups is 1. The van der Waals surface area contributed by atoms with Crippen LogP contribution in [0.4, 0.5) is 0 Å². The highest BCUT2D eigenvalue weighted by atomic mass is 15.2. The minimum absolute atomic E-state index is 0.470. The van der Waals surface area contributed by atoms with Gasteiger partial charge in [0.15, 0.2) is 0 Å². The lowest BCUT2D eigenvalue weighted by Gasteiger charge is -2.30. The summed E-state index contributed by atoms with van der Waals surface area (Å²) >= 11 is 0. The molecule has 0 aromatic rings. The Morgan fingerprint density at radius 3 is 2.47 bits per heavy atom. The van der Waals surface area contributed by atoms with Crippen LogP contribution < -0.4 is 0 Å². The van der Waals surface area contributed by atoms with Gasteiger partial charge in [-0.1, -0.05) is 6.08 Å². The molecule has 0 N–H and O–H groups in total. The van der Waals surface area contributed by atoms with Crippen LogP contribution in [0.5, 0.6) is 0 Å². The Balaban J connectivity index is 2.83. The summed E-state index contributed by atoms with van der Waals surface area (Å²) in [7, 11) is 0. The summed E-state index contributed by atoms with van der Waals surface area (Å²) in [6, 6.07) is 2.09. The molecule has 0 bridgehead atoms. The number of hydrogen-bond acceptors (Lipinski definition) is 3. The van der Waals surface area contributed by atoms with Gasteiger partial charge in [-0.3, -0.25) is 0 Å². The number of nitriles is 2. The van der Waals surface area contributed by atoms with E-state index in [1.165, 1.54) is 12.5 Å². The average molecular weight is 202 g/mol. The number of nitrogens with zero attached hydrogens (tertiary/aromatic N) is 4. The first-order valence-corrected chi connectivity index (χ1v) is 5.07. The van der Waals surface area contributed by atoms with Gasteiger partial charge < -0.3 is 4.90 Å². The summed E-state index contributed by atoms with van der Waals surface area (Å²) in [5, 5.41) is 17.5. The van der Waals surface area contributed by atoms with Crippen LogP contribution in [0.2, 0.25) is 0 Å². The van der Waals surface area contributed by atoms with Crippen molar-refractivity contribution in [2.24, 2.45) is 10.9 Å². The third-order valence-corrected chi connectivity index (χ3v) is 2.50. The third kappa shape index (κ3) is 2.82. The Hall–Kier alpha value is -1.81. The Bertz CT molecular complexity index is 325. The molecule has 1 saturated heterocycles.